The zero-order valence-corrected chi connectivity index (χ0v) is 7.92. The lowest BCUT2D eigenvalue weighted by Gasteiger charge is -2.21. The Morgan fingerprint density at radius 2 is 2.08 bits per heavy atom. The average molecular weight is 174 g/mol. The molecule has 0 aliphatic rings. The van der Waals surface area contributed by atoms with Crippen LogP contribution in [0.25, 0.3) is 0 Å². The van der Waals surface area contributed by atoms with Gasteiger partial charge in [-0.1, -0.05) is 6.92 Å². The van der Waals surface area contributed by atoms with Gasteiger partial charge in [-0.05, 0) is 18.6 Å². The highest BCUT2D eigenvalue weighted by Gasteiger charge is 2.17. The molecule has 0 aromatic carbocycles. The summed E-state index contributed by atoms with van der Waals surface area (Å²) in [6.45, 7) is 2.02. The molecule has 1 N–H and O–H groups in total. The summed E-state index contributed by atoms with van der Waals surface area (Å²) in [5, 5.41) is 9.55. The zero-order valence-electron chi connectivity index (χ0n) is 7.92. The molecule has 0 fully saturated rings. The van der Waals surface area contributed by atoms with E-state index < -0.39 is 0 Å². The van der Waals surface area contributed by atoms with Gasteiger partial charge in [-0.25, -0.2) is 9.60 Å². The second-order valence-corrected chi connectivity index (χ2v) is 3.12. The van der Waals surface area contributed by atoms with E-state index in [9.17, 15) is 9.60 Å². The van der Waals surface area contributed by atoms with Crippen molar-refractivity contribution in [2.45, 2.75) is 19.8 Å². The van der Waals surface area contributed by atoms with E-state index in [-0.39, 0.29) is 4.65 Å². The fraction of sp³-hybridized carbons (Fsp3) is 0.556. The summed E-state index contributed by atoms with van der Waals surface area (Å²) in [5.74, 6) is 0. The van der Waals surface area contributed by atoms with Crippen molar-refractivity contribution >= 4 is 0 Å². The van der Waals surface area contributed by atoms with Crippen molar-refractivity contribution in [1.82, 2.24) is 0 Å². The first-order chi connectivity index (χ1) is 5.52. The fourth-order valence-electron chi connectivity index (χ4n) is 0.943. The number of rotatable bonds is 4. The maximum absolute atomic E-state index is 11.7. The molecule has 0 aromatic rings. The van der Waals surface area contributed by atoms with Crippen molar-refractivity contribution < 1.29 is 14.2 Å². The molecule has 0 aliphatic carbocycles. The van der Waals surface area contributed by atoms with Crippen LogP contribution in [-0.2, 0) is 0 Å². The van der Waals surface area contributed by atoms with E-state index in [2.05, 4.69) is 0 Å². The zero-order chi connectivity index (χ0) is 9.61. The smallest absolute Gasteiger partial charge is 0.141 e. The number of hydroxylamine groups is 3. The van der Waals surface area contributed by atoms with Crippen LogP contribution in [0, 0.1) is 0 Å². The predicted molar refractivity (Wildman–Crippen MR) is 47.1 cm³/mol. The number of halogens is 1. The van der Waals surface area contributed by atoms with Crippen molar-refractivity contribution in [3.8, 4) is 0 Å². The maximum atomic E-state index is 11.7. The molecule has 0 aliphatic heterocycles. The van der Waals surface area contributed by atoms with Crippen LogP contribution >= 0.6 is 0 Å². The average Bonchev–Trinajstić information content (AvgIpc) is 1.95. The first kappa shape index (κ1) is 11.3. The highest BCUT2D eigenvalue weighted by atomic mass is 19.1. The van der Waals surface area contributed by atoms with Crippen LogP contribution < -0.4 is 0 Å². The summed E-state index contributed by atoms with van der Waals surface area (Å²) in [6.07, 6.45) is 5.07. The number of allylic oxidation sites excluding steroid dienone is 3. The highest BCUT2D eigenvalue weighted by molar-refractivity contribution is 5.04. The normalized spacial score (nSPS) is 14.2. The van der Waals surface area contributed by atoms with E-state index in [1.807, 2.05) is 6.92 Å². The van der Waals surface area contributed by atoms with Gasteiger partial charge >= 0.3 is 0 Å². The van der Waals surface area contributed by atoms with E-state index in [1.54, 1.807) is 20.2 Å². The van der Waals surface area contributed by atoms with Crippen molar-refractivity contribution in [2.24, 2.45) is 0 Å². The molecule has 0 aromatic heterocycles. The van der Waals surface area contributed by atoms with Crippen LogP contribution in [0.15, 0.2) is 24.2 Å². The summed E-state index contributed by atoms with van der Waals surface area (Å²) < 4.78 is 11.4. The monoisotopic (exact) mass is 174 g/mol. The highest BCUT2D eigenvalue weighted by Crippen LogP contribution is 2.13. The van der Waals surface area contributed by atoms with Crippen molar-refractivity contribution in [1.29, 1.82) is 0 Å². The van der Waals surface area contributed by atoms with Crippen LogP contribution in [-0.4, -0.2) is 23.9 Å². The molecule has 0 spiro atoms. The Hall–Kier alpha value is -0.670. The van der Waals surface area contributed by atoms with Gasteiger partial charge in [0.15, 0.2) is 0 Å². The largest absolute Gasteiger partial charge is 0.216 e. The summed E-state index contributed by atoms with van der Waals surface area (Å²) in [6, 6.07) is 0. The lowest BCUT2D eigenvalue weighted by Crippen LogP contribution is -2.34. The molecule has 0 atom stereocenters. The van der Waals surface area contributed by atoms with E-state index >= 15 is 0 Å². The molecule has 0 saturated carbocycles. The minimum atomic E-state index is -0.224. The lowest BCUT2D eigenvalue weighted by atomic mass is 10.2. The van der Waals surface area contributed by atoms with Crippen molar-refractivity contribution in [3.63, 3.8) is 0 Å². The van der Waals surface area contributed by atoms with E-state index in [1.165, 1.54) is 6.08 Å². The van der Waals surface area contributed by atoms with Gasteiger partial charge < -0.3 is 0 Å². The molecular weight excluding hydrogens is 157 g/mol. The Morgan fingerprint density at radius 1 is 1.50 bits per heavy atom. The van der Waals surface area contributed by atoms with Gasteiger partial charge in [0.25, 0.3) is 0 Å². The van der Waals surface area contributed by atoms with Crippen LogP contribution in [0.4, 0.5) is 4.39 Å². The van der Waals surface area contributed by atoms with Gasteiger partial charge in [0.2, 0.25) is 0 Å². The summed E-state index contributed by atoms with van der Waals surface area (Å²) >= 11 is 0. The lowest BCUT2D eigenvalue weighted by molar-refractivity contribution is -1.04. The van der Waals surface area contributed by atoms with Gasteiger partial charge in [-0.3, -0.25) is 0 Å². The predicted octanol–water partition coefficient (Wildman–Crippen LogP) is 2.62. The molecule has 0 amide bonds. The molecule has 12 heavy (non-hydrogen) atoms. The maximum Gasteiger partial charge on any atom is 0.141 e. The van der Waals surface area contributed by atoms with Gasteiger partial charge in [0.05, 0.1) is 6.33 Å². The van der Waals surface area contributed by atoms with Gasteiger partial charge in [-0.15, -0.1) is 0 Å². The number of quaternary nitrogens is 1. The molecule has 0 heterocycles. The van der Waals surface area contributed by atoms with Crippen LogP contribution in [0.2, 0.25) is 0 Å². The third kappa shape index (κ3) is 4.26. The van der Waals surface area contributed by atoms with E-state index in [0.29, 0.717) is 6.33 Å². The molecule has 70 valence electrons. The van der Waals surface area contributed by atoms with Crippen molar-refractivity contribution in [3.05, 3.63) is 24.2 Å². The second kappa shape index (κ2) is 5.06. The third-order valence-corrected chi connectivity index (χ3v) is 1.57. The second-order valence-electron chi connectivity index (χ2n) is 3.12. The van der Waals surface area contributed by atoms with Gasteiger partial charge in [0.1, 0.15) is 19.8 Å². The first-order valence-corrected chi connectivity index (χ1v) is 4.05. The topological polar surface area (TPSA) is 20.2 Å². The number of hydrogen-bond acceptors (Lipinski definition) is 1. The molecule has 0 saturated heterocycles. The molecule has 0 bridgehead atoms. The SMILES string of the molecule is CCC/C(=C/C=C/F)[N+](C)(C)O. The standard InChI is InChI=1S/C9H17FNO/c1-4-6-9(7-5-8-10)11(2,3)12/h5,7-8,12H,4,6H2,1-3H3/q+1/b8-5+,9-7-. The minimum Gasteiger partial charge on any atom is -0.216 e. The van der Waals surface area contributed by atoms with Crippen LogP contribution in [0.1, 0.15) is 19.8 Å². The van der Waals surface area contributed by atoms with Crippen LogP contribution in [0.5, 0.6) is 0 Å². The van der Waals surface area contributed by atoms with E-state index in [0.717, 1.165) is 18.5 Å². The van der Waals surface area contributed by atoms with Gasteiger partial charge in [-0.2, -0.15) is 4.65 Å². The van der Waals surface area contributed by atoms with Gasteiger partial charge in [0, 0.05) is 6.42 Å². The summed E-state index contributed by atoms with van der Waals surface area (Å²) in [5.41, 5.74) is 0.798. The molecule has 3 heteroatoms. The molecule has 0 rings (SSSR count). The Kier molecular flexibility index (Phi) is 4.78. The molecule has 0 radical (unpaired) electrons. The quantitative estimate of drug-likeness (QED) is 0.394. The van der Waals surface area contributed by atoms with Crippen molar-refractivity contribution in [2.75, 3.05) is 14.1 Å². The Bertz CT molecular complexity index is 179. The first-order valence-electron chi connectivity index (χ1n) is 4.05. The summed E-state index contributed by atoms with van der Waals surface area (Å²) in [7, 11) is 3.29. The molecule has 0 unspecified atom stereocenters. The summed E-state index contributed by atoms with van der Waals surface area (Å²) in [4.78, 5) is 0. The molecule has 2 nitrogen and oxygen atoms in total. The molecular formula is C9H17FNO+. The van der Waals surface area contributed by atoms with E-state index in [4.69, 9.17) is 0 Å². The Morgan fingerprint density at radius 3 is 2.42 bits per heavy atom. The fourth-order valence-corrected chi connectivity index (χ4v) is 0.943. The number of nitrogens with zero attached hydrogens (tertiary/aromatic N) is 1. The van der Waals surface area contributed by atoms with Crippen LogP contribution in [0.3, 0.4) is 0 Å². The minimum absolute atomic E-state index is 0.224. The number of hydrogen-bond donors (Lipinski definition) is 1. The third-order valence-electron chi connectivity index (χ3n) is 1.57. The Balaban J connectivity index is 4.43. The Labute approximate surface area is 73.2 Å².